The summed E-state index contributed by atoms with van der Waals surface area (Å²) < 4.78 is 0. The van der Waals surface area contributed by atoms with Crippen molar-refractivity contribution in [1.82, 2.24) is 9.97 Å². The second kappa shape index (κ2) is 5.01. The molecule has 1 aromatic heterocycles. The van der Waals surface area contributed by atoms with Crippen molar-refractivity contribution in [2.75, 3.05) is 24.5 Å². The number of rotatable bonds is 3. The molecule has 20 heavy (non-hydrogen) atoms. The van der Waals surface area contributed by atoms with Gasteiger partial charge in [0.15, 0.2) is 0 Å². The zero-order chi connectivity index (χ0) is 14.1. The smallest absolute Gasteiger partial charge is 0.271 e. The van der Waals surface area contributed by atoms with Crippen molar-refractivity contribution >= 4 is 22.5 Å². The van der Waals surface area contributed by atoms with Crippen LogP contribution in [0.3, 0.4) is 0 Å². The molecule has 0 aliphatic carbocycles. The number of nitro groups is 1. The van der Waals surface area contributed by atoms with Crippen LogP contribution in [0.4, 0.5) is 11.5 Å². The Kier molecular flexibility index (Phi) is 3.19. The van der Waals surface area contributed by atoms with E-state index in [-0.39, 0.29) is 5.69 Å². The molecule has 0 spiro atoms. The summed E-state index contributed by atoms with van der Waals surface area (Å²) in [6, 6.07) is 4.53. The average molecular weight is 273 g/mol. The lowest BCUT2D eigenvalue weighted by Crippen LogP contribution is -2.23. The minimum atomic E-state index is -0.429. The number of fused-ring (bicyclic) bond motifs is 1. The summed E-state index contributed by atoms with van der Waals surface area (Å²) in [6.45, 7) is 2.50. The Balaban J connectivity index is 1.91. The monoisotopic (exact) mass is 273 g/mol. The molecule has 2 N–H and O–H groups in total. The van der Waals surface area contributed by atoms with Crippen LogP contribution >= 0.6 is 0 Å². The van der Waals surface area contributed by atoms with Gasteiger partial charge in [0, 0.05) is 25.2 Å². The first-order valence-electron chi connectivity index (χ1n) is 6.53. The Morgan fingerprint density at radius 1 is 1.45 bits per heavy atom. The van der Waals surface area contributed by atoms with E-state index in [0.29, 0.717) is 23.5 Å². The van der Waals surface area contributed by atoms with E-state index < -0.39 is 4.92 Å². The van der Waals surface area contributed by atoms with Crippen LogP contribution in [-0.2, 0) is 0 Å². The molecule has 104 valence electrons. The van der Waals surface area contributed by atoms with E-state index in [1.165, 1.54) is 12.1 Å². The number of aromatic nitrogens is 2. The normalized spacial score (nSPS) is 18.6. The third kappa shape index (κ3) is 2.27. The molecule has 3 rings (SSSR count). The molecule has 2 aromatic rings. The van der Waals surface area contributed by atoms with Crippen molar-refractivity contribution in [1.29, 1.82) is 0 Å². The van der Waals surface area contributed by atoms with E-state index in [0.717, 1.165) is 25.3 Å². The Morgan fingerprint density at radius 2 is 2.30 bits per heavy atom. The number of nitro benzene ring substituents is 1. The molecule has 1 atom stereocenters. The third-order valence-corrected chi connectivity index (χ3v) is 3.67. The number of nitrogens with two attached hydrogens (primary N) is 1. The van der Waals surface area contributed by atoms with Crippen LogP contribution in [0.5, 0.6) is 0 Å². The maximum absolute atomic E-state index is 10.7. The molecule has 7 nitrogen and oxygen atoms in total. The third-order valence-electron chi connectivity index (χ3n) is 3.67. The van der Waals surface area contributed by atoms with Crippen molar-refractivity contribution in [2.24, 2.45) is 11.7 Å². The van der Waals surface area contributed by atoms with Crippen molar-refractivity contribution in [3.05, 3.63) is 34.5 Å². The van der Waals surface area contributed by atoms with Crippen LogP contribution in [0.25, 0.3) is 11.0 Å². The quantitative estimate of drug-likeness (QED) is 0.669. The van der Waals surface area contributed by atoms with Gasteiger partial charge in [-0.1, -0.05) is 0 Å². The predicted octanol–water partition coefficient (Wildman–Crippen LogP) is 1.32. The number of benzene rings is 1. The van der Waals surface area contributed by atoms with Crippen LogP contribution in [0.1, 0.15) is 6.42 Å². The van der Waals surface area contributed by atoms with Crippen molar-refractivity contribution < 1.29 is 4.92 Å². The molecular formula is C13H15N5O2. The lowest BCUT2D eigenvalue weighted by atomic mass is 10.1. The molecule has 0 amide bonds. The molecule has 0 radical (unpaired) electrons. The highest BCUT2D eigenvalue weighted by atomic mass is 16.6. The highest BCUT2D eigenvalue weighted by Crippen LogP contribution is 2.24. The van der Waals surface area contributed by atoms with E-state index in [4.69, 9.17) is 5.73 Å². The van der Waals surface area contributed by atoms with Crippen molar-refractivity contribution in [2.45, 2.75) is 6.42 Å². The SMILES string of the molecule is NCC1CCN(c2cnc3cc([N+](=O)[O-])ccc3n2)C1. The van der Waals surface area contributed by atoms with Gasteiger partial charge in [-0.3, -0.25) is 15.1 Å². The highest BCUT2D eigenvalue weighted by Gasteiger charge is 2.22. The second-order valence-electron chi connectivity index (χ2n) is 4.99. The van der Waals surface area contributed by atoms with Crippen molar-refractivity contribution in [3.8, 4) is 0 Å². The summed E-state index contributed by atoms with van der Waals surface area (Å²) in [4.78, 5) is 21.3. The molecule has 1 aliphatic rings. The standard InChI is InChI=1S/C13H15N5O2/c14-6-9-3-4-17(8-9)13-7-15-12-5-10(18(19)20)1-2-11(12)16-13/h1-2,5,7,9H,3-4,6,8,14H2. The fourth-order valence-electron chi connectivity index (χ4n) is 2.49. The summed E-state index contributed by atoms with van der Waals surface area (Å²) in [5, 5.41) is 10.7. The molecule has 1 fully saturated rings. The minimum Gasteiger partial charge on any atom is -0.355 e. The molecule has 0 bridgehead atoms. The fourth-order valence-corrected chi connectivity index (χ4v) is 2.49. The van der Waals surface area contributed by atoms with Gasteiger partial charge in [0.25, 0.3) is 5.69 Å². The highest BCUT2D eigenvalue weighted by molar-refractivity contribution is 5.78. The molecule has 2 heterocycles. The fraction of sp³-hybridized carbons (Fsp3) is 0.385. The zero-order valence-electron chi connectivity index (χ0n) is 10.9. The van der Waals surface area contributed by atoms with Gasteiger partial charge in [-0.25, -0.2) is 4.98 Å². The first-order valence-corrected chi connectivity index (χ1v) is 6.53. The van der Waals surface area contributed by atoms with Gasteiger partial charge in [0.05, 0.1) is 22.2 Å². The van der Waals surface area contributed by atoms with Gasteiger partial charge in [0.2, 0.25) is 0 Å². The van der Waals surface area contributed by atoms with Crippen LogP contribution in [-0.4, -0.2) is 34.5 Å². The van der Waals surface area contributed by atoms with Crippen LogP contribution in [0.15, 0.2) is 24.4 Å². The van der Waals surface area contributed by atoms with E-state index >= 15 is 0 Å². The number of anilines is 1. The van der Waals surface area contributed by atoms with Crippen LogP contribution in [0.2, 0.25) is 0 Å². The first kappa shape index (κ1) is 12.7. The van der Waals surface area contributed by atoms with Crippen LogP contribution in [0, 0.1) is 16.0 Å². The molecule has 1 aliphatic heterocycles. The van der Waals surface area contributed by atoms with E-state index in [2.05, 4.69) is 14.9 Å². The Hall–Kier alpha value is -2.28. The van der Waals surface area contributed by atoms with Gasteiger partial charge in [-0.05, 0) is 24.9 Å². The Bertz CT molecular complexity index is 660. The van der Waals surface area contributed by atoms with Gasteiger partial charge < -0.3 is 10.6 Å². The van der Waals surface area contributed by atoms with Gasteiger partial charge in [-0.15, -0.1) is 0 Å². The number of hydrogen-bond donors (Lipinski definition) is 1. The molecule has 0 saturated carbocycles. The predicted molar refractivity (Wildman–Crippen MR) is 75.6 cm³/mol. The first-order chi connectivity index (χ1) is 9.67. The lowest BCUT2D eigenvalue weighted by molar-refractivity contribution is -0.384. The van der Waals surface area contributed by atoms with E-state index in [1.54, 1.807) is 12.3 Å². The largest absolute Gasteiger partial charge is 0.355 e. The lowest BCUT2D eigenvalue weighted by Gasteiger charge is -2.17. The number of non-ortho nitro benzene ring substituents is 1. The molecule has 1 saturated heterocycles. The zero-order valence-corrected chi connectivity index (χ0v) is 10.9. The Morgan fingerprint density at radius 3 is 3.00 bits per heavy atom. The molecule has 7 heteroatoms. The summed E-state index contributed by atoms with van der Waals surface area (Å²) in [5.41, 5.74) is 6.92. The number of nitrogens with zero attached hydrogens (tertiary/aromatic N) is 4. The minimum absolute atomic E-state index is 0.0314. The summed E-state index contributed by atoms with van der Waals surface area (Å²) in [5.74, 6) is 1.31. The molecular weight excluding hydrogens is 258 g/mol. The van der Waals surface area contributed by atoms with Crippen LogP contribution < -0.4 is 10.6 Å². The summed E-state index contributed by atoms with van der Waals surface area (Å²) in [6.07, 6.45) is 2.74. The van der Waals surface area contributed by atoms with Crippen molar-refractivity contribution in [3.63, 3.8) is 0 Å². The van der Waals surface area contributed by atoms with Gasteiger partial charge >= 0.3 is 0 Å². The maximum atomic E-state index is 10.7. The summed E-state index contributed by atoms with van der Waals surface area (Å²) >= 11 is 0. The topological polar surface area (TPSA) is 98.2 Å². The maximum Gasteiger partial charge on any atom is 0.271 e. The van der Waals surface area contributed by atoms with Gasteiger partial charge in [-0.2, -0.15) is 0 Å². The average Bonchev–Trinajstić information content (AvgIpc) is 2.95. The van der Waals surface area contributed by atoms with Gasteiger partial charge in [0.1, 0.15) is 5.82 Å². The molecule has 1 unspecified atom stereocenters. The van der Waals surface area contributed by atoms with E-state index in [1.807, 2.05) is 0 Å². The Labute approximate surface area is 115 Å². The van der Waals surface area contributed by atoms with E-state index in [9.17, 15) is 10.1 Å². The molecule has 1 aromatic carbocycles. The summed E-state index contributed by atoms with van der Waals surface area (Å²) in [7, 11) is 0. The number of hydrogen-bond acceptors (Lipinski definition) is 6. The second-order valence-corrected chi connectivity index (χ2v) is 4.99.